The minimum absolute atomic E-state index is 0.221. The number of carbonyl (C=O) groups is 1. The number of carbonyl (C=O) groups excluding carboxylic acids is 1. The number of pyridine rings is 1. The second kappa shape index (κ2) is 10.9. The molecule has 1 heterocycles. The van der Waals surface area contributed by atoms with Gasteiger partial charge >= 0.3 is 0 Å². The molecule has 0 aliphatic heterocycles. The Morgan fingerprint density at radius 1 is 0.857 bits per heavy atom. The Morgan fingerprint density at radius 2 is 1.46 bits per heavy atom. The molecule has 0 unspecified atom stereocenters. The molecule has 0 saturated carbocycles. The first-order valence-corrected chi connectivity index (χ1v) is 10.9. The lowest BCUT2D eigenvalue weighted by Gasteiger charge is -2.14. The summed E-state index contributed by atoms with van der Waals surface area (Å²) in [5.41, 5.74) is 5.64. The predicted molar refractivity (Wildman–Crippen MR) is 141 cm³/mol. The van der Waals surface area contributed by atoms with Gasteiger partial charge in [0.2, 0.25) is 0 Å². The maximum Gasteiger partial charge on any atom is 0.255 e. The third kappa shape index (κ3) is 5.97. The molecule has 0 fully saturated rings. The summed E-state index contributed by atoms with van der Waals surface area (Å²) >= 11 is 0. The molecule has 0 bridgehead atoms. The van der Waals surface area contributed by atoms with Crippen LogP contribution in [0.15, 0.2) is 102 Å². The Hall–Kier alpha value is -4.78. The van der Waals surface area contributed by atoms with Crippen LogP contribution >= 0.6 is 0 Å². The largest absolute Gasteiger partial charge is 0.355 e. The van der Waals surface area contributed by atoms with E-state index >= 15 is 0 Å². The fourth-order valence-corrected chi connectivity index (χ4v) is 3.46. The number of nitrogens with one attached hydrogen (secondary N) is 3. The van der Waals surface area contributed by atoms with Crippen LogP contribution in [-0.4, -0.2) is 17.6 Å². The molecule has 0 spiro atoms. The van der Waals surface area contributed by atoms with Crippen molar-refractivity contribution in [3.63, 3.8) is 0 Å². The summed E-state index contributed by atoms with van der Waals surface area (Å²) in [5.74, 6) is -0.581. The minimum atomic E-state index is -0.359. The molecule has 0 aliphatic rings. The van der Waals surface area contributed by atoms with Crippen molar-refractivity contribution in [1.29, 1.82) is 0 Å². The van der Waals surface area contributed by atoms with Gasteiger partial charge in [0, 0.05) is 52.0 Å². The molecule has 4 rings (SSSR count). The van der Waals surface area contributed by atoms with Crippen LogP contribution < -0.4 is 16.0 Å². The number of anilines is 4. The number of allylic oxidation sites excluding steroid dienone is 1. The van der Waals surface area contributed by atoms with E-state index in [0.29, 0.717) is 28.2 Å². The van der Waals surface area contributed by atoms with Crippen LogP contribution in [0.5, 0.6) is 0 Å². The fourth-order valence-electron chi connectivity index (χ4n) is 3.46. The highest BCUT2D eigenvalue weighted by molar-refractivity contribution is 6.04. The van der Waals surface area contributed by atoms with Crippen LogP contribution in [-0.2, 0) is 0 Å². The second-order valence-corrected chi connectivity index (χ2v) is 7.62. The fraction of sp³-hybridized carbons (Fsp3) is 0.0357. The summed E-state index contributed by atoms with van der Waals surface area (Å²) in [5, 5.41) is 9.42. The van der Waals surface area contributed by atoms with Gasteiger partial charge in [0.05, 0.1) is 5.69 Å². The van der Waals surface area contributed by atoms with E-state index in [-0.39, 0.29) is 11.7 Å². The number of hydrogen-bond donors (Lipinski definition) is 3. The molecule has 3 N–H and O–H groups in total. The number of nitrogens with zero attached hydrogens (tertiary/aromatic N) is 2. The van der Waals surface area contributed by atoms with Gasteiger partial charge in [0.25, 0.3) is 5.91 Å². The van der Waals surface area contributed by atoms with E-state index in [2.05, 4.69) is 32.6 Å². The summed E-state index contributed by atoms with van der Waals surface area (Å²) in [6.07, 6.45) is 5.26. The quantitative estimate of drug-likeness (QED) is 0.244. The number of amides is 1. The number of benzene rings is 3. The number of aromatic nitrogens is 1. The van der Waals surface area contributed by atoms with Crippen LogP contribution in [0.2, 0.25) is 0 Å². The third-order valence-electron chi connectivity index (χ3n) is 5.25. The molecule has 174 valence electrons. The van der Waals surface area contributed by atoms with E-state index in [4.69, 9.17) is 0 Å². The predicted octanol–water partition coefficient (Wildman–Crippen LogP) is 7.02. The van der Waals surface area contributed by atoms with Gasteiger partial charge in [0.15, 0.2) is 0 Å². The van der Waals surface area contributed by atoms with E-state index < -0.39 is 0 Å². The number of rotatable bonds is 8. The summed E-state index contributed by atoms with van der Waals surface area (Å²) in [4.78, 5) is 20.7. The van der Waals surface area contributed by atoms with Crippen molar-refractivity contribution in [2.75, 3.05) is 16.0 Å². The number of hydrogen-bond acceptors (Lipinski definition) is 5. The van der Waals surface area contributed by atoms with Crippen LogP contribution in [0.3, 0.4) is 0 Å². The number of halogens is 1. The Balaban J connectivity index is 1.40. The third-order valence-corrected chi connectivity index (χ3v) is 5.25. The first-order chi connectivity index (χ1) is 17.1. The van der Waals surface area contributed by atoms with Crippen LogP contribution in [0.25, 0.3) is 5.70 Å². The van der Waals surface area contributed by atoms with Crippen molar-refractivity contribution < 1.29 is 9.18 Å². The highest BCUT2D eigenvalue weighted by Crippen LogP contribution is 2.28. The Morgan fingerprint density at radius 3 is 2.11 bits per heavy atom. The summed E-state index contributed by atoms with van der Waals surface area (Å²) in [6.45, 7) is 5.40. The lowest BCUT2D eigenvalue weighted by atomic mass is 10.1. The van der Waals surface area contributed by atoms with Crippen molar-refractivity contribution >= 4 is 46.8 Å². The molecule has 4 aromatic rings. The normalized spacial score (nSPS) is 11.0. The molecule has 6 nitrogen and oxygen atoms in total. The average Bonchev–Trinajstić information content (AvgIpc) is 2.89. The smallest absolute Gasteiger partial charge is 0.255 e. The maximum absolute atomic E-state index is 13.8. The highest BCUT2D eigenvalue weighted by Gasteiger charge is 2.10. The monoisotopic (exact) mass is 465 g/mol. The Labute approximate surface area is 203 Å². The van der Waals surface area contributed by atoms with E-state index in [1.54, 1.807) is 42.7 Å². The van der Waals surface area contributed by atoms with E-state index in [0.717, 1.165) is 17.1 Å². The molecule has 3 aromatic carbocycles. The highest BCUT2D eigenvalue weighted by atomic mass is 19.1. The molecule has 35 heavy (non-hydrogen) atoms. The zero-order valence-electron chi connectivity index (χ0n) is 19.1. The summed E-state index contributed by atoms with van der Waals surface area (Å²) in [7, 11) is 0. The van der Waals surface area contributed by atoms with Gasteiger partial charge in [-0.15, -0.1) is 0 Å². The van der Waals surface area contributed by atoms with Crippen LogP contribution in [0, 0.1) is 5.82 Å². The molecular formula is C28H24FN5O. The zero-order valence-corrected chi connectivity index (χ0v) is 19.1. The standard InChI is InChI=1S/C28H24FN5O/c1-3-26(25-18-20(29)6-13-27(25)30-2)33-22-7-4-19(5-8-22)28(35)34-23-11-9-21(10-12-23)32-24-14-16-31-17-15-24/h3-18,33H,2H2,1H3,(H,31,32)(H,34,35)/b26-3+. The first-order valence-electron chi connectivity index (χ1n) is 10.9. The molecule has 7 heteroatoms. The topological polar surface area (TPSA) is 78.4 Å². The lowest BCUT2D eigenvalue weighted by molar-refractivity contribution is 0.102. The second-order valence-electron chi connectivity index (χ2n) is 7.62. The van der Waals surface area contributed by atoms with Gasteiger partial charge in [-0.2, -0.15) is 0 Å². The SMILES string of the molecule is C=Nc1ccc(F)cc1/C(=C\C)Nc1ccc(C(=O)Nc2ccc(Nc3ccncc3)cc2)cc1. The lowest BCUT2D eigenvalue weighted by Crippen LogP contribution is -2.11. The van der Waals surface area contributed by atoms with E-state index in [9.17, 15) is 9.18 Å². The number of aliphatic imine (C=N–C) groups is 1. The Kier molecular flexibility index (Phi) is 7.28. The van der Waals surface area contributed by atoms with Crippen LogP contribution in [0.1, 0.15) is 22.8 Å². The van der Waals surface area contributed by atoms with Crippen molar-refractivity contribution in [2.24, 2.45) is 4.99 Å². The van der Waals surface area contributed by atoms with Crippen molar-refractivity contribution in [3.05, 3.63) is 114 Å². The van der Waals surface area contributed by atoms with Gasteiger partial charge in [-0.05, 0) is 92.5 Å². The van der Waals surface area contributed by atoms with Gasteiger partial charge in [0.1, 0.15) is 5.82 Å². The summed E-state index contributed by atoms with van der Waals surface area (Å²) < 4.78 is 13.8. The molecule has 0 aliphatic carbocycles. The van der Waals surface area contributed by atoms with Crippen molar-refractivity contribution in [3.8, 4) is 0 Å². The average molecular weight is 466 g/mol. The van der Waals surface area contributed by atoms with Crippen LogP contribution in [0.4, 0.5) is 32.8 Å². The van der Waals surface area contributed by atoms with Gasteiger partial charge in [-0.25, -0.2) is 4.39 Å². The molecule has 0 radical (unpaired) electrons. The zero-order chi connectivity index (χ0) is 24.6. The minimum Gasteiger partial charge on any atom is -0.355 e. The first kappa shape index (κ1) is 23.4. The van der Waals surface area contributed by atoms with Crippen molar-refractivity contribution in [1.82, 2.24) is 4.98 Å². The molecule has 0 saturated heterocycles. The summed E-state index contributed by atoms with van der Waals surface area (Å²) in [6, 6.07) is 22.6. The van der Waals surface area contributed by atoms with E-state index in [1.165, 1.54) is 12.1 Å². The molecule has 0 atom stereocenters. The van der Waals surface area contributed by atoms with Gasteiger partial charge < -0.3 is 16.0 Å². The van der Waals surface area contributed by atoms with E-state index in [1.807, 2.05) is 49.4 Å². The van der Waals surface area contributed by atoms with Crippen molar-refractivity contribution in [2.45, 2.75) is 6.92 Å². The Bertz CT molecular complexity index is 1350. The molecule has 1 aromatic heterocycles. The van der Waals surface area contributed by atoms with Gasteiger partial charge in [-0.3, -0.25) is 14.8 Å². The molecule has 1 amide bonds. The molecular weight excluding hydrogens is 441 g/mol. The van der Waals surface area contributed by atoms with Gasteiger partial charge in [-0.1, -0.05) is 6.08 Å². The maximum atomic E-state index is 13.8.